The Morgan fingerprint density at radius 2 is 1.79 bits per heavy atom. The molecule has 10 heteroatoms. The van der Waals surface area contributed by atoms with Crippen LogP contribution in [-0.2, 0) is 11.0 Å². The summed E-state index contributed by atoms with van der Waals surface area (Å²) < 4.78 is 29.6. The molecule has 0 aliphatic rings. The number of halogens is 1. The maximum Gasteiger partial charge on any atom is 0.325 e. The number of carbonyl (C=O) groups excluding carboxylic acids is 1. The number of aromatic nitrogens is 2. The van der Waals surface area contributed by atoms with Crippen LogP contribution in [0.15, 0.2) is 71.3 Å². The lowest BCUT2D eigenvalue weighted by molar-refractivity contribution is 0.112. The number of rotatable bonds is 9. The number of hydrogen-bond donors (Lipinski definition) is 3. The maximum atomic E-state index is 13.9. The van der Waals surface area contributed by atoms with Crippen LogP contribution in [-0.4, -0.2) is 38.9 Å². The predicted molar refractivity (Wildman–Crippen MR) is 144 cm³/mol. The molecule has 3 aromatic carbocycles. The highest BCUT2D eigenvalue weighted by Gasteiger charge is 2.23. The number of carbonyl (C=O) groups is 1. The van der Waals surface area contributed by atoms with Crippen LogP contribution < -0.4 is 5.73 Å². The van der Waals surface area contributed by atoms with E-state index in [0.29, 0.717) is 36.7 Å². The van der Waals surface area contributed by atoms with Crippen molar-refractivity contribution in [1.82, 2.24) is 10.1 Å². The van der Waals surface area contributed by atoms with E-state index in [1.54, 1.807) is 30.3 Å². The maximum absolute atomic E-state index is 13.9. The fourth-order valence-electron chi connectivity index (χ4n) is 3.74. The molecule has 38 heavy (non-hydrogen) atoms. The third-order valence-electron chi connectivity index (χ3n) is 5.96. The molecule has 0 amide bonds. The van der Waals surface area contributed by atoms with E-state index in [-0.39, 0.29) is 17.9 Å². The second kappa shape index (κ2) is 13.3. The summed E-state index contributed by atoms with van der Waals surface area (Å²) in [5.74, 6) is 0.275. The van der Waals surface area contributed by atoms with Crippen LogP contribution in [0.3, 0.4) is 0 Å². The van der Waals surface area contributed by atoms with Gasteiger partial charge in [0, 0.05) is 11.1 Å². The number of hydrogen-bond acceptors (Lipinski definition) is 6. The molecule has 4 N–H and O–H groups in total. The molecule has 8 nitrogen and oxygen atoms in total. The molecule has 0 saturated heterocycles. The van der Waals surface area contributed by atoms with Gasteiger partial charge in [-0.25, -0.2) is 4.39 Å². The summed E-state index contributed by atoms with van der Waals surface area (Å²) in [5.41, 5.74) is 10.6. The Balaban J connectivity index is 0.000000436. The summed E-state index contributed by atoms with van der Waals surface area (Å²) in [5, 5.41) is 4.12. The van der Waals surface area contributed by atoms with Crippen molar-refractivity contribution in [1.29, 1.82) is 0 Å². The van der Waals surface area contributed by atoms with Crippen LogP contribution in [0.2, 0.25) is 0 Å². The van der Waals surface area contributed by atoms with E-state index in [1.807, 2.05) is 6.07 Å². The van der Waals surface area contributed by atoms with E-state index in [0.717, 1.165) is 23.0 Å². The average Bonchev–Trinajstić information content (AvgIpc) is 3.38. The normalized spacial score (nSPS) is 11.9. The van der Waals surface area contributed by atoms with Crippen molar-refractivity contribution >= 4 is 13.9 Å². The van der Waals surface area contributed by atoms with Crippen LogP contribution in [0, 0.1) is 19.7 Å². The SMILES string of the molecule is Cc1ccc(CC(c2cccc(F)c2)c2nc(-c3ccc(C=O)cc3)no2)cc1C.NCCCP(=O)(O)O. The van der Waals surface area contributed by atoms with Gasteiger partial charge in [-0.1, -0.05) is 59.8 Å². The summed E-state index contributed by atoms with van der Waals surface area (Å²) in [6.45, 7) is 4.48. The van der Waals surface area contributed by atoms with E-state index in [2.05, 4.69) is 42.2 Å². The van der Waals surface area contributed by atoms with E-state index < -0.39 is 7.60 Å². The van der Waals surface area contributed by atoms with Crippen LogP contribution >= 0.6 is 7.60 Å². The largest absolute Gasteiger partial charge is 0.338 e. The number of nitrogens with zero attached hydrogens (tertiary/aromatic N) is 2. The smallest absolute Gasteiger partial charge is 0.325 e. The number of benzene rings is 3. The Labute approximate surface area is 220 Å². The molecule has 0 spiro atoms. The molecule has 1 atom stereocenters. The van der Waals surface area contributed by atoms with Crippen LogP contribution in [0.4, 0.5) is 4.39 Å². The fourth-order valence-corrected chi connectivity index (χ4v) is 4.33. The highest BCUT2D eigenvalue weighted by Crippen LogP contribution is 2.34. The minimum absolute atomic E-state index is 0.0938. The van der Waals surface area contributed by atoms with E-state index >= 15 is 0 Å². The molecule has 4 rings (SSSR count). The van der Waals surface area contributed by atoms with Crippen molar-refractivity contribution in [2.24, 2.45) is 5.73 Å². The Morgan fingerprint density at radius 1 is 1.05 bits per heavy atom. The minimum atomic E-state index is -3.76. The lowest BCUT2D eigenvalue weighted by atomic mass is 9.90. The van der Waals surface area contributed by atoms with Gasteiger partial charge in [-0.2, -0.15) is 4.98 Å². The first-order chi connectivity index (χ1) is 18.1. The fraction of sp³-hybridized carbons (Fsp3) is 0.250. The monoisotopic (exact) mass is 539 g/mol. The molecule has 1 unspecified atom stereocenters. The Hall–Kier alpha value is -3.49. The van der Waals surface area contributed by atoms with Gasteiger partial charge in [0.05, 0.1) is 12.1 Å². The average molecular weight is 540 g/mol. The summed E-state index contributed by atoms with van der Waals surface area (Å²) in [4.78, 5) is 31.9. The van der Waals surface area contributed by atoms with Gasteiger partial charge in [0.1, 0.15) is 12.1 Å². The standard InChI is InChI=1S/C25H21FN2O2.C3H10NO3P/c1-16-6-7-19(12-17(16)2)13-23(21-4-3-5-22(26)14-21)25-27-24(28-30-25)20-10-8-18(15-29)9-11-20;4-2-1-3-8(5,6)7/h3-12,14-15,23H,13H2,1-2H3;1-4H2,(H2,5,6,7). The molecular weight excluding hydrogens is 508 g/mol. The molecule has 0 saturated carbocycles. The molecule has 0 aliphatic carbocycles. The quantitative estimate of drug-likeness (QED) is 0.195. The van der Waals surface area contributed by atoms with Gasteiger partial charge in [0.15, 0.2) is 0 Å². The number of aldehydes is 1. The van der Waals surface area contributed by atoms with Crippen LogP contribution in [0.25, 0.3) is 11.4 Å². The molecular formula is C28H31FN3O5P. The van der Waals surface area contributed by atoms with Gasteiger partial charge in [-0.15, -0.1) is 0 Å². The zero-order chi connectivity index (χ0) is 27.7. The number of aryl methyl sites for hydroxylation is 2. The highest BCUT2D eigenvalue weighted by atomic mass is 31.2. The Bertz CT molecular complexity index is 1400. The summed E-state index contributed by atoms with van der Waals surface area (Å²) in [7, 11) is -3.76. The Morgan fingerprint density at radius 3 is 2.37 bits per heavy atom. The van der Waals surface area contributed by atoms with Crippen molar-refractivity contribution < 1.29 is 28.1 Å². The topological polar surface area (TPSA) is 140 Å². The Kier molecular flexibility index (Phi) is 10.2. The summed E-state index contributed by atoms with van der Waals surface area (Å²) >= 11 is 0. The lowest BCUT2D eigenvalue weighted by Gasteiger charge is -2.14. The summed E-state index contributed by atoms with van der Waals surface area (Å²) in [6.07, 6.45) is 1.69. The van der Waals surface area contributed by atoms with E-state index in [1.165, 1.54) is 23.3 Å². The molecule has 200 valence electrons. The van der Waals surface area contributed by atoms with Gasteiger partial charge in [-0.05, 0) is 67.6 Å². The van der Waals surface area contributed by atoms with E-state index in [9.17, 15) is 13.8 Å². The van der Waals surface area contributed by atoms with Gasteiger partial charge >= 0.3 is 7.60 Å². The van der Waals surface area contributed by atoms with Crippen molar-refractivity contribution in [3.05, 3.63) is 106 Å². The van der Waals surface area contributed by atoms with Gasteiger partial charge < -0.3 is 20.0 Å². The van der Waals surface area contributed by atoms with Gasteiger partial charge in [-0.3, -0.25) is 9.36 Å². The molecule has 0 radical (unpaired) electrons. The molecule has 0 bridgehead atoms. The molecule has 0 fully saturated rings. The predicted octanol–water partition coefficient (Wildman–Crippen LogP) is 5.19. The molecule has 0 aliphatic heterocycles. The van der Waals surface area contributed by atoms with Crippen molar-refractivity contribution in [2.75, 3.05) is 12.7 Å². The van der Waals surface area contributed by atoms with Gasteiger partial charge in [0.25, 0.3) is 0 Å². The van der Waals surface area contributed by atoms with Crippen LogP contribution in [0.5, 0.6) is 0 Å². The van der Waals surface area contributed by atoms with Crippen LogP contribution in [0.1, 0.15) is 50.8 Å². The lowest BCUT2D eigenvalue weighted by Crippen LogP contribution is -2.06. The zero-order valence-electron chi connectivity index (χ0n) is 21.3. The first kappa shape index (κ1) is 29.1. The van der Waals surface area contributed by atoms with Gasteiger partial charge in [0.2, 0.25) is 11.7 Å². The first-order valence-electron chi connectivity index (χ1n) is 12.0. The molecule has 1 aromatic heterocycles. The summed E-state index contributed by atoms with van der Waals surface area (Å²) in [6, 6.07) is 19.7. The molecule has 4 aromatic rings. The van der Waals surface area contributed by atoms with E-state index in [4.69, 9.17) is 20.0 Å². The number of nitrogens with two attached hydrogens (primary N) is 1. The van der Waals surface area contributed by atoms with Crippen molar-refractivity contribution in [2.45, 2.75) is 32.6 Å². The first-order valence-corrected chi connectivity index (χ1v) is 13.8. The van der Waals surface area contributed by atoms with Crippen molar-refractivity contribution in [3.8, 4) is 11.4 Å². The molecule has 1 heterocycles. The van der Waals surface area contributed by atoms with Crippen molar-refractivity contribution in [3.63, 3.8) is 0 Å². The zero-order valence-corrected chi connectivity index (χ0v) is 22.1. The second-order valence-corrected chi connectivity index (χ2v) is 10.7. The third kappa shape index (κ3) is 8.53. The second-order valence-electron chi connectivity index (χ2n) is 8.96. The third-order valence-corrected chi connectivity index (χ3v) is 6.86. The minimum Gasteiger partial charge on any atom is -0.338 e. The highest BCUT2D eigenvalue weighted by molar-refractivity contribution is 7.51.